The van der Waals surface area contributed by atoms with E-state index in [0.717, 1.165) is 0 Å². The monoisotopic (exact) mass is 559 g/mol. The van der Waals surface area contributed by atoms with Crippen LogP contribution in [0, 0.1) is 0 Å². The lowest BCUT2D eigenvalue weighted by Gasteiger charge is -2.16. The lowest BCUT2D eigenvalue weighted by atomic mass is 10.1. The van der Waals surface area contributed by atoms with Crippen LogP contribution in [0.25, 0.3) is 17.0 Å². The summed E-state index contributed by atoms with van der Waals surface area (Å²) in [6.07, 6.45) is 3.51. The Bertz CT molecular complexity index is 1590. The third-order valence-corrected chi connectivity index (χ3v) is 6.84. The lowest BCUT2D eigenvalue weighted by Crippen LogP contribution is -2.27. The SMILES string of the molecule is CCC(=C/c1oc2ccc(Cl)cc2c1CS(=O)(=O)O)/C=C1\Oc2ccc(Cl)cc2N1CS(=O)(=O)O. The maximum atomic E-state index is 11.7. The van der Waals surface area contributed by atoms with Gasteiger partial charge in [0.25, 0.3) is 20.2 Å². The van der Waals surface area contributed by atoms with Crippen molar-refractivity contribution in [3.8, 4) is 5.75 Å². The number of rotatable bonds is 7. The van der Waals surface area contributed by atoms with Crippen molar-refractivity contribution in [1.82, 2.24) is 0 Å². The Morgan fingerprint density at radius 3 is 2.37 bits per heavy atom. The van der Waals surface area contributed by atoms with Crippen molar-refractivity contribution in [3.05, 3.63) is 75.3 Å². The van der Waals surface area contributed by atoms with Gasteiger partial charge in [-0.15, -0.1) is 0 Å². The van der Waals surface area contributed by atoms with Crippen molar-refractivity contribution in [2.45, 2.75) is 19.1 Å². The van der Waals surface area contributed by atoms with Gasteiger partial charge in [-0.25, -0.2) is 0 Å². The van der Waals surface area contributed by atoms with Crippen LogP contribution in [-0.2, 0) is 26.0 Å². The summed E-state index contributed by atoms with van der Waals surface area (Å²) in [7, 11) is -8.82. The molecule has 1 aromatic heterocycles. The molecule has 9 nitrogen and oxygen atoms in total. The number of furan rings is 1. The Morgan fingerprint density at radius 1 is 1.03 bits per heavy atom. The van der Waals surface area contributed by atoms with Crippen molar-refractivity contribution in [2.75, 3.05) is 10.8 Å². The molecule has 0 atom stereocenters. The van der Waals surface area contributed by atoms with E-state index in [1.807, 2.05) is 6.92 Å². The zero-order valence-electron chi connectivity index (χ0n) is 18.1. The summed E-state index contributed by atoms with van der Waals surface area (Å²) in [5.74, 6) is -0.864. The third-order valence-electron chi connectivity index (χ3n) is 5.13. The Balaban J connectivity index is 1.83. The molecular weight excluding hydrogens is 541 g/mol. The normalized spacial score (nSPS) is 15.6. The van der Waals surface area contributed by atoms with E-state index in [1.165, 1.54) is 23.1 Å². The van der Waals surface area contributed by atoms with Crippen molar-refractivity contribution in [3.63, 3.8) is 0 Å². The highest BCUT2D eigenvalue weighted by molar-refractivity contribution is 7.85. The first-order valence-electron chi connectivity index (χ1n) is 10.1. The van der Waals surface area contributed by atoms with E-state index in [4.69, 9.17) is 32.4 Å². The van der Waals surface area contributed by atoms with E-state index in [2.05, 4.69) is 0 Å². The van der Waals surface area contributed by atoms with E-state index < -0.39 is 31.9 Å². The molecule has 0 unspecified atom stereocenters. The maximum absolute atomic E-state index is 11.7. The molecule has 1 aliphatic heterocycles. The minimum Gasteiger partial charge on any atom is -0.456 e. The predicted octanol–water partition coefficient (Wildman–Crippen LogP) is 5.51. The van der Waals surface area contributed by atoms with Gasteiger partial charge in [-0.05, 0) is 54.5 Å². The zero-order valence-corrected chi connectivity index (χ0v) is 21.2. The highest BCUT2D eigenvalue weighted by Gasteiger charge is 2.30. The van der Waals surface area contributed by atoms with Crippen molar-refractivity contribution in [1.29, 1.82) is 0 Å². The van der Waals surface area contributed by atoms with Gasteiger partial charge in [0.2, 0.25) is 5.88 Å². The van der Waals surface area contributed by atoms with E-state index >= 15 is 0 Å². The topological polar surface area (TPSA) is 134 Å². The number of hydrogen-bond acceptors (Lipinski definition) is 7. The molecule has 0 saturated heterocycles. The Morgan fingerprint density at radius 2 is 1.71 bits per heavy atom. The minimum atomic E-state index is -4.43. The Labute approximate surface area is 211 Å². The summed E-state index contributed by atoms with van der Waals surface area (Å²) in [5, 5.41) is 1.13. The fourth-order valence-corrected chi connectivity index (χ4v) is 5.23. The fourth-order valence-electron chi connectivity index (χ4n) is 3.64. The van der Waals surface area contributed by atoms with Crippen LogP contribution in [0.5, 0.6) is 5.75 Å². The number of allylic oxidation sites excluding steroid dienone is 2. The number of anilines is 1. The molecule has 0 amide bonds. The summed E-state index contributed by atoms with van der Waals surface area (Å²) < 4.78 is 77.2. The first-order chi connectivity index (χ1) is 16.3. The van der Waals surface area contributed by atoms with Crippen LogP contribution < -0.4 is 9.64 Å². The summed E-state index contributed by atoms with van der Waals surface area (Å²) >= 11 is 12.1. The van der Waals surface area contributed by atoms with Gasteiger partial charge in [0, 0.05) is 27.1 Å². The van der Waals surface area contributed by atoms with Gasteiger partial charge >= 0.3 is 0 Å². The van der Waals surface area contributed by atoms with Crippen LogP contribution in [0.2, 0.25) is 10.0 Å². The largest absolute Gasteiger partial charge is 0.456 e. The van der Waals surface area contributed by atoms with Crippen LogP contribution in [0.15, 0.2) is 58.3 Å². The van der Waals surface area contributed by atoms with Gasteiger partial charge in [0.1, 0.15) is 17.1 Å². The molecule has 2 N–H and O–H groups in total. The standard InChI is InChI=1S/C22H19Cl2NO8S2/c1-2-13(7-21-17(11-34(26,27)28)16-9-14(23)3-5-19(16)32-21)8-22-25(12-35(29,30)31)18-10-15(24)4-6-20(18)33-22/h3-10H,2,11-12H2,1H3,(H,26,27,28)(H,29,30,31)/b13-7-,22-8-. The first-order valence-corrected chi connectivity index (χ1v) is 14.1. The second-order valence-electron chi connectivity index (χ2n) is 7.72. The molecule has 1 aliphatic rings. The molecular formula is C22H19Cl2NO8S2. The summed E-state index contributed by atoms with van der Waals surface area (Å²) in [4.78, 5) is 1.25. The number of nitrogens with zero attached hydrogens (tertiary/aromatic N) is 1. The molecule has 35 heavy (non-hydrogen) atoms. The number of fused-ring (bicyclic) bond motifs is 2. The highest BCUT2D eigenvalue weighted by atomic mass is 35.5. The van der Waals surface area contributed by atoms with Crippen LogP contribution in [0.1, 0.15) is 24.7 Å². The lowest BCUT2D eigenvalue weighted by molar-refractivity contribution is 0.436. The average Bonchev–Trinajstić information content (AvgIpc) is 3.23. The molecule has 4 rings (SSSR count). The molecule has 13 heteroatoms. The van der Waals surface area contributed by atoms with E-state index in [-0.39, 0.29) is 17.2 Å². The molecule has 0 radical (unpaired) electrons. The van der Waals surface area contributed by atoms with Crippen LogP contribution in [0.4, 0.5) is 5.69 Å². The van der Waals surface area contributed by atoms with Crippen molar-refractivity contribution >= 4 is 66.2 Å². The third kappa shape index (κ3) is 6.00. The molecule has 2 aromatic carbocycles. The maximum Gasteiger partial charge on any atom is 0.283 e. The second kappa shape index (κ2) is 9.49. The smallest absolute Gasteiger partial charge is 0.283 e. The molecule has 2 heterocycles. The van der Waals surface area contributed by atoms with Gasteiger partial charge in [-0.1, -0.05) is 30.1 Å². The van der Waals surface area contributed by atoms with Gasteiger partial charge in [0.05, 0.1) is 5.69 Å². The second-order valence-corrected chi connectivity index (χ2v) is 11.5. The summed E-state index contributed by atoms with van der Waals surface area (Å²) in [6, 6.07) is 9.36. The average molecular weight is 560 g/mol. The Kier molecular flexibility index (Phi) is 6.93. The quantitative estimate of drug-likeness (QED) is 0.359. The van der Waals surface area contributed by atoms with Gasteiger partial charge in [-0.2, -0.15) is 16.8 Å². The molecule has 186 valence electrons. The predicted molar refractivity (Wildman–Crippen MR) is 134 cm³/mol. The Hall–Kier alpha value is -2.54. The number of halogens is 2. The van der Waals surface area contributed by atoms with Crippen LogP contribution in [-0.4, -0.2) is 31.8 Å². The first kappa shape index (κ1) is 25.5. The van der Waals surface area contributed by atoms with E-state index in [1.54, 1.807) is 30.3 Å². The number of hydrogen-bond donors (Lipinski definition) is 2. The number of ether oxygens (including phenoxy) is 1. The summed E-state index contributed by atoms with van der Waals surface area (Å²) in [6.45, 7) is 1.82. The van der Waals surface area contributed by atoms with Crippen molar-refractivity contribution < 1.29 is 35.1 Å². The molecule has 0 saturated carbocycles. The van der Waals surface area contributed by atoms with Crippen molar-refractivity contribution in [2.24, 2.45) is 0 Å². The zero-order chi connectivity index (χ0) is 25.5. The van der Waals surface area contributed by atoms with E-state index in [0.29, 0.717) is 44.4 Å². The highest BCUT2D eigenvalue weighted by Crippen LogP contribution is 2.41. The summed E-state index contributed by atoms with van der Waals surface area (Å²) in [5.41, 5.74) is 1.50. The molecule has 0 spiro atoms. The van der Waals surface area contributed by atoms with E-state index in [9.17, 15) is 25.9 Å². The molecule has 3 aromatic rings. The van der Waals surface area contributed by atoms with Crippen LogP contribution in [0.3, 0.4) is 0 Å². The van der Waals surface area contributed by atoms with Gasteiger partial charge < -0.3 is 9.15 Å². The fraction of sp³-hybridized carbons (Fsp3) is 0.182. The molecule has 0 aliphatic carbocycles. The van der Waals surface area contributed by atoms with Gasteiger partial charge in [0.15, 0.2) is 11.6 Å². The minimum absolute atomic E-state index is 0.100. The van der Waals surface area contributed by atoms with Crippen LogP contribution >= 0.6 is 23.2 Å². The molecule has 0 fully saturated rings. The number of benzene rings is 2. The van der Waals surface area contributed by atoms with Gasteiger partial charge in [-0.3, -0.25) is 14.0 Å². The molecule has 0 bridgehead atoms.